The highest BCUT2D eigenvalue weighted by Gasteiger charge is 2.16. The van der Waals surface area contributed by atoms with Crippen molar-refractivity contribution in [2.24, 2.45) is 11.8 Å². The summed E-state index contributed by atoms with van der Waals surface area (Å²) in [6.07, 6.45) is 5.03. The van der Waals surface area contributed by atoms with Crippen molar-refractivity contribution in [2.45, 2.75) is 60.2 Å². The lowest BCUT2D eigenvalue weighted by Crippen LogP contribution is -2.27. The zero-order chi connectivity index (χ0) is 13.6. The van der Waals surface area contributed by atoms with E-state index in [0.717, 1.165) is 11.8 Å². The van der Waals surface area contributed by atoms with Gasteiger partial charge in [-0.05, 0) is 31.4 Å². The average Bonchev–Trinajstić information content (AvgIpc) is 2.15. The van der Waals surface area contributed by atoms with Gasteiger partial charge in [0.25, 0.3) is 0 Å². The summed E-state index contributed by atoms with van der Waals surface area (Å²) in [5.41, 5.74) is 0. The van der Waals surface area contributed by atoms with E-state index in [2.05, 4.69) is 65.5 Å². The SMILES string of the molecule is CCC(C)CC(C)CN(C)/C=C(\C)[Si](C)(C)C. The minimum atomic E-state index is -1.09. The number of rotatable bonds is 7. The van der Waals surface area contributed by atoms with Crippen LogP contribution in [0.25, 0.3) is 0 Å². The van der Waals surface area contributed by atoms with Crippen LogP contribution in [-0.4, -0.2) is 26.6 Å². The van der Waals surface area contributed by atoms with Gasteiger partial charge in [0, 0.05) is 13.6 Å². The second-order valence-electron chi connectivity index (χ2n) is 6.86. The van der Waals surface area contributed by atoms with Gasteiger partial charge in [-0.2, -0.15) is 0 Å². The fraction of sp³-hybridized carbons (Fsp3) is 0.867. The summed E-state index contributed by atoms with van der Waals surface area (Å²) in [4.78, 5) is 2.39. The summed E-state index contributed by atoms with van der Waals surface area (Å²) < 4.78 is 0. The van der Waals surface area contributed by atoms with Gasteiger partial charge in [-0.15, -0.1) is 0 Å². The highest BCUT2D eigenvalue weighted by atomic mass is 28.3. The van der Waals surface area contributed by atoms with Crippen molar-refractivity contribution in [2.75, 3.05) is 13.6 Å². The zero-order valence-corrected chi connectivity index (χ0v) is 14.3. The van der Waals surface area contributed by atoms with Crippen molar-refractivity contribution < 1.29 is 0 Å². The first-order valence-electron chi connectivity index (χ1n) is 7.06. The summed E-state index contributed by atoms with van der Waals surface area (Å²) in [6, 6.07) is 0. The van der Waals surface area contributed by atoms with Crippen LogP contribution >= 0.6 is 0 Å². The molecule has 0 aromatic heterocycles. The third-order valence-electron chi connectivity index (χ3n) is 3.70. The molecule has 2 unspecified atom stereocenters. The van der Waals surface area contributed by atoms with Gasteiger partial charge < -0.3 is 4.90 Å². The van der Waals surface area contributed by atoms with Gasteiger partial charge in [-0.3, -0.25) is 0 Å². The molecule has 0 aromatic rings. The molecule has 0 radical (unpaired) electrons. The fourth-order valence-electron chi connectivity index (χ4n) is 2.00. The molecule has 0 rings (SSSR count). The molecule has 1 nitrogen and oxygen atoms in total. The molecular weight excluding hydrogens is 222 g/mol. The Morgan fingerprint density at radius 1 is 1.18 bits per heavy atom. The number of hydrogen-bond donors (Lipinski definition) is 0. The monoisotopic (exact) mass is 255 g/mol. The standard InChI is InChI=1S/C15H33NSi/c1-9-13(2)10-14(3)11-16(5)12-15(4)17(6,7)8/h12-14H,9-11H2,1-8H3/b15-12+. The maximum atomic E-state index is 2.41. The van der Waals surface area contributed by atoms with E-state index in [9.17, 15) is 0 Å². The highest BCUT2D eigenvalue weighted by molar-refractivity contribution is 6.82. The Balaban J connectivity index is 4.22. The van der Waals surface area contributed by atoms with Crippen LogP contribution in [0.5, 0.6) is 0 Å². The van der Waals surface area contributed by atoms with Crippen LogP contribution < -0.4 is 0 Å². The molecule has 0 amide bonds. The van der Waals surface area contributed by atoms with Gasteiger partial charge in [0.15, 0.2) is 0 Å². The summed E-state index contributed by atoms with van der Waals surface area (Å²) in [5.74, 6) is 1.65. The van der Waals surface area contributed by atoms with Crippen LogP contribution in [0, 0.1) is 11.8 Å². The van der Waals surface area contributed by atoms with Crippen LogP contribution in [0.2, 0.25) is 19.6 Å². The minimum absolute atomic E-state index is 0.792. The molecule has 102 valence electrons. The van der Waals surface area contributed by atoms with Crippen LogP contribution in [0.1, 0.15) is 40.5 Å². The quantitative estimate of drug-likeness (QED) is 0.592. The average molecular weight is 256 g/mol. The van der Waals surface area contributed by atoms with E-state index < -0.39 is 8.07 Å². The first kappa shape index (κ1) is 16.8. The van der Waals surface area contributed by atoms with Gasteiger partial charge in [0.1, 0.15) is 0 Å². The third-order valence-corrected chi connectivity index (χ3v) is 6.19. The predicted octanol–water partition coefficient (Wildman–Crippen LogP) is 4.77. The maximum Gasteiger partial charge on any atom is 0.0739 e. The molecule has 0 spiro atoms. The van der Waals surface area contributed by atoms with Gasteiger partial charge >= 0.3 is 0 Å². The number of hydrogen-bond acceptors (Lipinski definition) is 1. The lowest BCUT2D eigenvalue weighted by molar-refractivity contribution is 0.317. The Hall–Kier alpha value is -0.243. The van der Waals surface area contributed by atoms with Crippen LogP contribution in [0.4, 0.5) is 0 Å². The molecular formula is C15H33NSi. The molecule has 0 bridgehead atoms. The molecule has 0 aliphatic carbocycles. The van der Waals surface area contributed by atoms with E-state index in [-0.39, 0.29) is 0 Å². The van der Waals surface area contributed by atoms with E-state index in [1.165, 1.54) is 19.4 Å². The highest BCUT2D eigenvalue weighted by Crippen LogP contribution is 2.17. The summed E-state index contributed by atoms with van der Waals surface area (Å²) in [5, 5.41) is 1.59. The molecule has 2 heteroatoms. The Morgan fingerprint density at radius 3 is 2.12 bits per heavy atom. The van der Waals surface area contributed by atoms with Crippen LogP contribution in [-0.2, 0) is 0 Å². The maximum absolute atomic E-state index is 2.41. The van der Waals surface area contributed by atoms with Gasteiger partial charge in [0.2, 0.25) is 0 Å². The van der Waals surface area contributed by atoms with Crippen molar-refractivity contribution in [3.8, 4) is 0 Å². The minimum Gasteiger partial charge on any atom is -0.381 e. The number of allylic oxidation sites excluding steroid dienone is 1. The molecule has 17 heavy (non-hydrogen) atoms. The lowest BCUT2D eigenvalue weighted by Gasteiger charge is -2.25. The van der Waals surface area contributed by atoms with Gasteiger partial charge in [-0.1, -0.05) is 52.0 Å². The van der Waals surface area contributed by atoms with E-state index >= 15 is 0 Å². The summed E-state index contributed by atoms with van der Waals surface area (Å²) in [6.45, 7) is 17.7. The Kier molecular flexibility index (Phi) is 7.15. The van der Waals surface area contributed by atoms with Gasteiger partial charge in [-0.25, -0.2) is 0 Å². The smallest absolute Gasteiger partial charge is 0.0739 e. The fourth-order valence-corrected chi connectivity index (χ4v) is 2.60. The van der Waals surface area contributed by atoms with E-state index in [0.29, 0.717) is 0 Å². The van der Waals surface area contributed by atoms with Crippen LogP contribution in [0.15, 0.2) is 11.4 Å². The molecule has 0 heterocycles. The summed E-state index contributed by atoms with van der Waals surface area (Å²) >= 11 is 0. The first-order valence-corrected chi connectivity index (χ1v) is 10.6. The Labute approximate surface area is 110 Å². The normalized spacial score (nSPS) is 16.8. The number of nitrogens with zero attached hydrogens (tertiary/aromatic N) is 1. The topological polar surface area (TPSA) is 3.24 Å². The molecule has 0 saturated heterocycles. The Bertz CT molecular complexity index is 240. The molecule has 0 aliphatic rings. The first-order chi connectivity index (χ1) is 7.66. The van der Waals surface area contributed by atoms with Crippen molar-refractivity contribution >= 4 is 8.07 Å². The van der Waals surface area contributed by atoms with Crippen molar-refractivity contribution in [1.29, 1.82) is 0 Å². The summed E-state index contributed by atoms with van der Waals surface area (Å²) in [7, 11) is 1.13. The molecule has 0 fully saturated rings. The van der Waals surface area contributed by atoms with E-state index in [4.69, 9.17) is 0 Å². The van der Waals surface area contributed by atoms with E-state index in [1.54, 1.807) is 5.20 Å². The third kappa shape index (κ3) is 7.64. The predicted molar refractivity (Wildman–Crippen MR) is 83.0 cm³/mol. The molecule has 0 saturated carbocycles. The molecule has 2 atom stereocenters. The van der Waals surface area contributed by atoms with Crippen molar-refractivity contribution in [3.05, 3.63) is 11.4 Å². The molecule has 0 aliphatic heterocycles. The Morgan fingerprint density at radius 2 is 1.71 bits per heavy atom. The second-order valence-corrected chi connectivity index (χ2v) is 12.1. The lowest BCUT2D eigenvalue weighted by atomic mass is 9.95. The van der Waals surface area contributed by atoms with Crippen molar-refractivity contribution in [3.63, 3.8) is 0 Å². The molecule has 0 N–H and O–H groups in total. The van der Waals surface area contributed by atoms with E-state index in [1.807, 2.05) is 0 Å². The zero-order valence-electron chi connectivity index (χ0n) is 13.3. The van der Waals surface area contributed by atoms with Gasteiger partial charge in [0.05, 0.1) is 8.07 Å². The molecule has 0 aromatic carbocycles. The largest absolute Gasteiger partial charge is 0.381 e. The van der Waals surface area contributed by atoms with Crippen molar-refractivity contribution in [1.82, 2.24) is 4.90 Å². The second kappa shape index (κ2) is 7.25. The van der Waals surface area contributed by atoms with Crippen LogP contribution in [0.3, 0.4) is 0 Å².